The standard InChI is InChI=1S/C27H35N2O3/c1-3-4-7-21-8-10-22(11-9-21)27(28-2)32-24(14-17-29-15-5-6-16-29)23-12-13-25-26(20-23)31-19-18-30-25/h8-13,20,24H,2-7,14-19H2,1H3/q+1/t24-/m0/s1. The molecule has 5 heteroatoms. The van der Waals surface area contributed by atoms with Crippen LogP contribution < -0.4 is 14.1 Å². The molecule has 0 spiro atoms. The van der Waals surface area contributed by atoms with Crippen LogP contribution >= 0.6 is 0 Å². The fourth-order valence-electron chi connectivity index (χ4n) is 4.39. The van der Waals surface area contributed by atoms with Crippen LogP contribution in [0.15, 0.2) is 42.5 Å². The topological polar surface area (TPSA) is 45.0 Å². The van der Waals surface area contributed by atoms with Crippen LogP contribution in [0.25, 0.3) is 0 Å². The van der Waals surface area contributed by atoms with Gasteiger partial charge in [-0.2, -0.15) is 0 Å². The van der Waals surface area contributed by atoms with E-state index < -0.39 is 0 Å². The van der Waals surface area contributed by atoms with E-state index in [1.807, 2.05) is 6.07 Å². The summed E-state index contributed by atoms with van der Waals surface area (Å²) in [5.74, 6) is 2.16. The highest BCUT2D eigenvalue weighted by atomic mass is 16.6. The largest absolute Gasteiger partial charge is 0.494 e. The molecule has 4 rings (SSSR count). The van der Waals surface area contributed by atoms with Crippen LogP contribution in [0.2, 0.25) is 0 Å². The lowest BCUT2D eigenvalue weighted by Gasteiger charge is -2.23. The quantitative estimate of drug-likeness (QED) is 0.329. The molecule has 0 unspecified atom stereocenters. The van der Waals surface area contributed by atoms with Crippen LogP contribution in [0.5, 0.6) is 11.5 Å². The van der Waals surface area contributed by atoms with Crippen LogP contribution in [-0.4, -0.2) is 50.4 Å². The summed E-state index contributed by atoms with van der Waals surface area (Å²) in [4.78, 5) is 2.51. The van der Waals surface area contributed by atoms with Crippen molar-refractivity contribution in [3.63, 3.8) is 0 Å². The Morgan fingerprint density at radius 1 is 1.06 bits per heavy atom. The first-order valence-electron chi connectivity index (χ1n) is 12.0. The molecule has 2 aromatic rings. The minimum atomic E-state index is -0.133. The van der Waals surface area contributed by atoms with Gasteiger partial charge in [-0.3, -0.25) is 0 Å². The molecule has 32 heavy (non-hydrogen) atoms. The Morgan fingerprint density at radius 2 is 1.81 bits per heavy atom. The minimum absolute atomic E-state index is 0.133. The van der Waals surface area contributed by atoms with Crippen LogP contribution in [-0.2, 0) is 11.2 Å². The maximum Gasteiger partial charge on any atom is 0.494 e. The molecule has 0 saturated carbocycles. The van der Waals surface area contributed by atoms with Crippen molar-refractivity contribution in [1.82, 2.24) is 9.57 Å². The van der Waals surface area contributed by atoms with Crippen molar-refractivity contribution in [3.05, 3.63) is 59.2 Å². The Morgan fingerprint density at radius 3 is 2.53 bits per heavy atom. The van der Waals surface area contributed by atoms with Gasteiger partial charge in [-0.15, -0.1) is 0 Å². The maximum absolute atomic E-state index is 6.51. The number of rotatable bonds is 9. The second-order valence-electron chi connectivity index (χ2n) is 8.61. The van der Waals surface area contributed by atoms with Gasteiger partial charge in [0.1, 0.15) is 24.9 Å². The van der Waals surface area contributed by atoms with Gasteiger partial charge >= 0.3 is 5.90 Å². The second kappa shape index (κ2) is 11.2. The van der Waals surface area contributed by atoms with E-state index in [4.69, 9.17) is 14.2 Å². The summed E-state index contributed by atoms with van der Waals surface area (Å²) >= 11 is 0. The fraction of sp³-hybridized carbons (Fsp3) is 0.481. The zero-order chi connectivity index (χ0) is 22.2. The molecule has 2 aliphatic heterocycles. The van der Waals surface area contributed by atoms with E-state index >= 15 is 0 Å². The molecule has 0 radical (unpaired) electrons. The highest BCUT2D eigenvalue weighted by Gasteiger charge is 2.26. The third-order valence-electron chi connectivity index (χ3n) is 6.26. The Hall–Kier alpha value is -2.75. The number of aryl methyl sites for hydroxylation is 1. The van der Waals surface area contributed by atoms with Crippen molar-refractivity contribution in [2.45, 2.75) is 51.6 Å². The average Bonchev–Trinajstić information content (AvgIpc) is 3.37. The van der Waals surface area contributed by atoms with Gasteiger partial charge in [0.25, 0.3) is 6.72 Å². The van der Waals surface area contributed by atoms with Crippen molar-refractivity contribution in [1.29, 1.82) is 0 Å². The number of hydrogen-bond acceptors (Lipinski definition) is 4. The molecule has 2 aromatic carbocycles. The van der Waals surface area contributed by atoms with E-state index in [-0.39, 0.29) is 6.10 Å². The molecule has 1 saturated heterocycles. The molecular formula is C27H35N2O3+. The predicted molar refractivity (Wildman–Crippen MR) is 130 cm³/mol. The van der Waals surface area contributed by atoms with Crippen molar-refractivity contribution >= 4 is 12.6 Å². The van der Waals surface area contributed by atoms with Crippen LogP contribution in [0.1, 0.15) is 61.8 Å². The van der Waals surface area contributed by atoms with Gasteiger partial charge < -0.3 is 19.1 Å². The lowest BCUT2D eigenvalue weighted by molar-refractivity contribution is 0.156. The first-order valence-corrected chi connectivity index (χ1v) is 12.0. The van der Waals surface area contributed by atoms with Crippen molar-refractivity contribution in [2.75, 3.05) is 32.8 Å². The van der Waals surface area contributed by atoms with Crippen LogP contribution in [0.4, 0.5) is 0 Å². The summed E-state index contributed by atoms with van der Waals surface area (Å²) in [5.41, 5.74) is 3.38. The lowest BCUT2D eigenvalue weighted by Crippen LogP contribution is -2.24. The fourth-order valence-corrected chi connectivity index (χ4v) is 4.39. The van der Waals surface area contributed by atoms with E-state index in [2.05, 4.69) is 59.6 Å². The van der Waals surface area contributed by atoms with E-state index in [1.165, 1.54) is 44.3 Å². The third kappa shape index (κ3) is 5.73. The molecule has 170 valence electrons. The summed E-state index contributed by atoms with van der Waals surface area (Å²) in [7, 11) is 0. The number of fused-ring (bicyclic) bond motifs is 1. The van der Waals surface area contributed by atoms with Crippen LogP contribution in [0.3, 0.4) is 0 Å². The monoisotopic (exact) mass is 435 g/mol. The molecule has 2 aliphatic rings. The smallest absolute Gasteiger partial charge is 0.486 e. The first kappa shape index (κ1) is 22.4. The summed E-state index contributed by atoms with van der Waals surface area (Å²) < 4.78 is 22.3. The lowest BCUT2D eigenvalue weighted by atomic mass is 10.0. The van der Waals surface area contributed by atoms with E-state index in [0.29, 0.717) is 19.1 Å². The zero-order valence-electron chi connectivity index (χ0n) is 19.2. The van der Waals surface area contributed by atoms with Crippen molar-refractivity contribution in [2.24, 2.45) is 0 Å². The van der Waals surface area contributed by atoms with Crippen LogP contribution in [0, 0.1) is 0 Å². The Labute approximate surface area is 191 Å². The van der Waals surface area contributed by atoms with Gasteiger partial charge in [0.2, 0.25) is 0 Å². The Balaban J connectivity index is 1.52. The molecule has 5 nitrogen and oxygen atoms in total. The SMILES string of the molecule is C=[N+]=C(O[C@@H](CCN1CCCC1)c1ccc2c(c1)OCCO2)c1ccc(CCCC)cc1. The summed E-state index contributed by atoms with van der Waals surface area (Å²) in [5, 5.41) is 0. The summed E-state index contributed by atoms with van der Waals surface area (Å²) in [6.07, 6.45) is 6.82. The minimum Gasteiger partial charge on any atom is -0.486 e. The molecular weight excluding hydrogens is 400 g/mol. The number of unbranched alkanes of at least 4 members (excludes halogenated alkanes) is 1. The van der Waals surface area contributed by atoms with E-state index in [1.54, 1.807) is 0 Å². The van der Waals surface area contributed by atoms with Gasteiger partial charge in [0.05, 0.1) is 0 Å². The van der Waals surface area contributed by atoms with Gasteiger partial charge in [-0.25, -0.2) is 0 Å². The van der Waals surface area contributed by atoms with Gasteiger partial charge in [0.15, 0.2) is 11.5 Å². The molecule has 1 atom stereocenters. The molecule has 0 bridgehead atoms. The molecule has 1 fully saturated rings. The highest BCUT2D eigenvalue weighted by Crippen LogP contribution is 2.35. The molecule has 2 heterocycles. The third-order valence-corrected chi connectivity index (χ3v) is 6.26. The normalized spacial score (nSPS) is 16.4. The van der Waals surface area contributed by atoms with Crippen molar-refractivity contribution < 1.29 is 14.2 Å². The van der Waals surface area contributed by atoms with Gasteiger partial charge in [0, 0.05) is 13.0 Å². The zero-order valence-corrected chi connectivity index (χ0v) is 19.2. The van der Waals surface area contributed by atoms with E-state index in [9.17, 15) is 0 Å². The van der Waals surface area contributed by atoms with Gasteiger partial charge in [-0.05, 0) is 74.2 Å². The van der Waals surface area contributed by atoms with E-state index in [0.717, 1.165) is 42.0 Å². The molecule has 0 aliphatic carbocycles. The second-order valence-corrected chi connectivity index (χ2v) is 8.61. The Kier molecular flexibility index (Phi) is 7.87. The molecule has 0 N–H and O–H groups in total. The number of nitrogens with zero attached hydrogens (tertiary/aromatic N) is 2. The number of likely N-dealkylation sites (tertiary alicyclic amines) is 1. The highest BCUT2D eigenvalue weighted by molar-refractivity contribution is 5.94. The van der Waals surface area contributed by atoms with Crippen molar-refractivity contribution in [3.8, 4) is 11.5 Å². The first-order chi connectivity index (χ1) is 15.8. The Bertz CT molecular complexity index is 928. The average molecular weight is 436 g/mol. The molecule has 0 aromatic heterocycles. The number of benzene rings is 2. The van der Waals surface area contributed by atoms with Gasteiger partial charge in [-0.1, -0.05) is 36.2 Å². The number of hydrogen-bond donors (Lipinski definition) is 0. The number of ether oxygens (including phenoxy) is 3. The maximum atomic E-state index is 6.51. The summed E-state index contributed by atoms with van der Waals surface area (Å²) in [6, 6.07) is 14.6. The summed E-state index contributed by atoms with van der Waals surface area (Å²) in [6.45, 7) is 10.5. The molecule has 0 amide bonds. The predicted octanol–water partition coefficient (Wildman–Crippen LogP) is 4.56.